The predicted octanol–water partition coefficient (Wildman–Crippen LogP) is 1.08. The number of rotatable bonds is 1. The second-order valence-electron chi connectivity index (χ2n) is 4.19. The van der Waals surface area contributed by atoms with Crippen LogP contribution in [0.5, 0.6) is 5.75 Å². The molecule has 4 heteroatoms. The van der Waals surface area contributed by atoms with Gasteiger partial charge in [-0.2, -0.15) is 0 Å². The van der Waals surface area contributed by atoms with Crippen molar-refractivity contribution < 1.29 is 14.6 Å². The lowest BCUT2D eigenvalue weighted by Crippen LogP contribution is -2.33. The zero-order valence-corrected chi connectivity index (χ0v) is 9.03. The number of hydrogen-bond donors (Lipinski definition) is 2. The third-order valence-electron chi connectivity index (χ3n) is 3.18. The molecule has 0 spiro atoms. The number of aromatic hydroxyl groups is 1. The molecule has 0 aliphatic carbocycles. The Kier molecular flexibility index (Phi) is 2.55. The van der Waals surface area contributed by atoms with Crippen LogP contribution in [0, 0.1) is 0 Å². The maximum Gasteiger partial charge on any atom is 0.121 e. The minimum absolute atomic E-state index is 0.0506. The van der Waals surface area contributed by atoms with Gasteiger partial charge in [0.1, 0.15) is 5.75 Å². The summed E-state index contributed by atoms with van der Waals surface area (Å²) in [5, 5.41) is 13.2. The van der Waals surface area contributed by atoms with Gasteiger partial charge in [0.25, 0.3) is 0 Å². The molecule has 1 aromatic rings. The third-order valence-corrected chi connectivity index (χ3v) is 3.18. The minimum atomic E-state index is -0.0506. The number of nitrogens with one attached hydrogen (secondary N) is 1. The molecule has 0 amide bonds. The summed E-state index contributed by atoms with van der Waals surface area (Å²) in [5.74, 6) is 0.318. The molecule has 3 rings (SSSR count). The summed E-state index contributed by atoms with van der Waals surface area (Å²) < 4.78 is 11.1. The lowest BCUT2D eigenvalue weighted by atomic mass is 9.97. The Hall–Kier alpha value is -1.10. The van der Waals surface area contributed by atoms with Crippen molar-refractivity contribution in [1.29, 1.82) is 0 Å². The van der Waals surface area contributed by atoms with Gasteiger partial charge in [0, 0.05) is 18.7 Å². The second-order valence-corrected chi connectivity index (χ2v) is 4.19. The van der Waals surface area contributed by atoms with Crippen molar-refractivity contribution in [3.05, 3.63) is 28.8 Å². The summed E-state index contributed by atoms with van der Waals surface area (Å²) in [6.07, 6.45) is -0.0506. The standard InChI is InChI=1S/C12H15NO3/c14-10-2-1-8-6-15-7-9(8)12(10)11-5-13-3-4-16-11/h1-2,11,13-14H,3-7H2. The molecule has 1 atom stereocenters. The van der Waals surface area contributed by atoms with Gasteiger partial charge in [-0.25, -0.2) is 0 Å². The lowest BCUT2D eigenvalue weighted by molar-refractivity contribution is 0.0250. The zero-order chi connectivity index (χ0) is 11.0. The summed E-state index contributed by atoms with van der Waals surface area (Å²) in [6.45, 7) is 3.54. The molecular weight excluding hydrogens is 206 g/mol. The fourth-order valence-corrected chi connectivity index (χ4v) is 2.38. The van der Waals surface area contributed by atoms with Gasteiger partial charge in [-0.1, -0.05) is 6.07 Å². The number of hydrogen-bond acceptors (Lipinski definition) is 4. The van der Waals surface area contributed by atoms with Gasteiger partial charge >= 0.3 is 0 Å². The molecule has 4 nitrogen and oxygen atoms in total. The van der Waals surface area contributed by atoms with Gasteiger partial charge in [-0.05, 0) is 17.2 Å². The first-order chi connectivity index (χ1) is 7.86. The topological polar surface area (TPSA) is 50.7 Å². The number of phenolic OH excluding ortho intramolecular Hbond substituents is 1. The van der Waals surface area contributed by atoms with E-state index >= 15 is 0 Å². The number of benzene rings is 1. The summed E-state index contributed by atoms with van der Waals surface area (Å²) in [7, 11) is 0. The Bertz CT molecular complexity index is 399. The van der Waals surface area contributed by atoms with E-state index in [0.29, 0.717) is 25.6 Å². The van der Waals surface area contributed by atoms with Crippen molar-refractivity contribution in [3.8, 4) is 5.75 Å². The van der Waals surface area contributed by atoms with Crippen molar-refractivity contribution in [2.24, 2.45) is 0 Å². The Morgan fingerprint density at radius 2 is 2.25 bits per heavy atom. The van der Waals surface area contributed by atoms with E-state index in [9.17, 15) is 5.11 Å². The quantitative estimate of drug-likeness (QED) is 0.745. The van der Waals surface area contributed by atoms with E-state index in [1.165, 1.54) is 5.56 Å². The van der Waals surface area contributed by atoms with Crippen LogP contribution in [0.3, 0.4) is 0 Å². The molecule has 2 heterocycles. The second kappa shape index (κ2) is 4.05. The summed E-state index contributed by atoms with van der Waals surface area (Å²) in [4.78, 5) is 0. The normalized spacial score (nSPS) is 24.4. The molecule has 16 heavy (non-hydrogen) atoms. The first kappa shape index (κ1) is 10.1. The molecule has 1 unspecified atom stereocenters. The average molecular weight is 221 g/mol. The largest absolute Gasteiger partial charge is 0.508 e. The van der Waals surface area contributed by atoms with Gasteiger partial charge in [0.15, 0.2) is 0 Å². The number of fused-ring (bicyclic) bond motifs is 1. The molecule has 1 saturated heterocycles. The molecule has 0 bridgehead atoms. The van der Waals surface area contributed by atoms with Crippen LogP contribution in [-0.2, 0) is 22.7 Å². The van der Waals surface area contributed by atoms with Crippen LogP contribution in [0.15, 0.2) is 12.1 Å². The Balaban J connectivity index is 2.01. The fourth-order valence-electron chi connectivity index (χ4n) is 2.38. The van der Waals surface area contributed by atoms with E-state index in [4.69, 9.17) is 9.47 Å². The van der Waals surface area contributed by atoms with Crippen molar-refractivity contribution in [3.63, 3.8) is 0 Å². The molecule has 2 aliphatic rings. The van der Waals surface area contributed by atoms with Gasteiger partial charge in [-0.3, -0.25) is 0 Å². The average Bonchev–Trinajstić information content (AvgIpc) is 2.78. The molecule has 86 valence electrons. The molecule has 0 saturated carbocycles. The highest BCUT2D eigenvalue weighted by molar-refractivity contribution is 5.47. The summed E-state index contributed by atoms with van der Waals surface area (Å²) in [6, 6.07) is 3.66. The van der Waals surface area contributed by atoms with E-state index in [0.717, 1.165) is 24.2 Å². The van der Waals surface area contributed by atoms with Crippen LogP contribution >= 0.6 is 0 Å². The Morgan fingerprint density at radius 3 is 3.06 bits per heavy atom. The van der Waals surface area contributed by atoms with Gasteiger partial charge in [-0.15, -0.1) is 0 Å². The molecule has 0 aromatic heterocycles. The van der Waals surface area contributed by atoms with E-state index in [1.807, 2.05) is 6.07 Å². The van der Waals surface area contributed by atoms with Crippen LogP contribution in [-0.4, -0.2) is 24.8 Å². The number of phenols is 1. The van der Waals surface area contributed by atoms with E-state index in [-0.39, 0.29) is 6.10 Å². The van der Waals surface area contributed by atoms with Crippen LogP contribution in [0.2, 0.25) is 0 Å². The molecule has 1 fully saturated rings. The molecule has 2 N–H and O–H groups in total. The maximum absolute atomic E-state index is 9.96. The predicted molar refractivity (Wildman–Crippen MR) is 58.2 cm³/mol. The van der Waals surface area contributed by atoms with Crippen molar-refractivity contribution in [2.75, 3.05) is 19.7 Å². The number of ether oxygens (including phenoxy) is 2. The van der Waals surface area contributed by atoms with Crippen molar-refractivity contribution in [2.45, 2.75) is 19.3 Å². The Morgan fingerprint density at radius 1 is 1.31 bits per heavy atom. The van der Waals surface area contributed by atoms with Gasteiger partial charge in [0.05, 0.1) is 25.9 Å². The van der Waals surface area contributed by atoms with Crippen molar-refractivity contribution >= 4 is 0 Å². The molecular formula is C12H15NO3. The zero-order valence-electron chi connectivity index (χ0n) is 9.03. The SMILES string of the molecule is Oc1ccc2c(c1C1CNCCO1)COC2. The molecule has 1 aromatic carbocycles. The first-order valence-electron chi connectivity index (χ1n) is 5.60. The first-order valence-corrected chi connectivity index (χ1v) is 5.60. The monoisotopic (exact) mass is 221 g/mol. The maximum atomic E-state index is 9.96. The van der Waals surface area contributed by atoms with Crippen molar-refractivity contribution in [1.82, 2.24) is 5.32 Å². The number of morpholine rings is 1. The summed E-state index contributed by atoms with van der Waals surface area (Å²) in [5.41, 5.74) is 3.18. The highest BCUT2D eigenvalue weighted by Gasteiger charge is 2.26. The smallest absolute Gasteiger partial charge is 0.121 e. The van der Waals surface area contributed by atoms with Crippen LogP contribution in [0.1, 0.15) is 22.8 Å². The highest BCUT2D eigenvalue weighted by atomic mass is 16.5. The summed E-state index contributed by atoms with van der Waals surface area (Å²) >= 11 is 0. The van der Waals surface area contributed by atoms with Crippen LogP contribution < -0.4 is 5.32 Å². The minimum Gasteiger partial charge on any atom is -0.508 e. The van der Waals surface area contributed by atoms with E-state index < -0.39 is 0 Å². The van der Waals surface area contributed by atoms with Gasteiger partial charge in [0.2, 0.25) is 0 Å². The van der Waals surface area contributed by atoms with E-state index in [2.05, 4.69) is 5.32 Å². The third kappa shape index (κ3) is 1.59. The molecule has 0 radical (unpaired) electrons. The molecule has 2 aliphatic heterocycles. The fraction of sp³-hybridized carbons (Fsp3) is 0.500. The van der Waals surface area contributed by atoms with Crippen LogP contribution in [0.25, 0.3) is 0 Å². The Labute approximate surface area is 94.2 Å². The lowest BCUT2D eigenvalue weighted by Gasteiger charge is -2.26. The van der Waals surface area contributed by atoms with Crippen LogP contribution in [0.4, 0.5) is 0 Å². The van der Waals surface area contributed by atoms with E-state index in [1.54, 1.807) is 6.07 Å². The highest BCUT2D eigenvalue weighted by Crippen LogP contribution is 2.36. The van der Waals surface area contributed by atoms with Gasteiger partial charge < -0.3 is 19.9 Å².